The van der Waals surface area contributed by atoms with Crippen LogP contribution in [-0.4, -0.2) is 66.5 Å². The van der Waals surface area contributed by atoms with E-state index >= 15 is 0 Å². The van der Waals surface area contributed by atoms with E-state index in [1.54, 1.807) is 0 Å². The van der Waals surface area contributed by atoms with Crippen molar-refractivity contribution in [2.45, 2.75) is 45.1 Å². The number of aromatic nitrogens is 1. The summed E-state index contributed by atoms with van der Waals surface area (Å²) in [7, 11) is 2.20. The van der Waals surface area contributed by atoms with Gasteiger partial charge < -0.3 is 16.0 Å². The van der Waals surface area contributed by atoms with Crippen molar-refractivity contribution in [2.75, 3.05) is 45.5 Å². The van der Waals surface area contributed by atoms with E-state index in [-0.39, 0.29) is 11.9 Å². The Labute approximate surface area is 154 Å². The molecule has 0 saturated carbocycles. The molecule has 3 heterocycles. The second-order valence-electron chi connectivity index (χ2n) is 7.71. The van der Waals surface area contributed by atoms with Crippen molar-refractivity contribution in [3.05, 3.63) is 11.1 Å². The summed E-state index contributed by atoms with van der Waals surface area (Å²) >= 11 is 1.45. The fraction of sp³-hybridized carbons (Fsp3) is 0.778. The van der Waals surface area contributed by atoms with Crippen LogP contribution in [0.4, 0.5) is 5.13 Å². The third-order valence-corrected chi connectivity index (χ3v) is 6.44. The van der Waals surface area contributed by atoms with E-state index in [0.29, 0.717) is 17.1 Å². The number of nitrogens with two attached hydrogens (primary N) is 1. The number of nitrogen functional groups attached to an aromatic ring is 1. The van der Waals surface area contributed by atoms with Crippen LogP contribution in [0, 0.1) is 5.41 Å². The SMILES string of the molecule is CCCN1CC2(CCN(C)CC2)CC1C(=O)NCCc1csc(N)n1. The Bertz CT molecular complexity index is 582. The summed E-state index contributed by atoms with van der Waals surface area (Å²) in [5.41, 5.74) is 6.96. The largest absolute Gasteiger partial charge is 0.375 e. The maximum Gasteiger partial charge on any atom is 0.237 e. The summed E-state index contributed by atoms with van der Waals surface area (Å²) < 4.78 is 0. The van der Waals surface area contributed by atoms with E-state index in [1.165, 1.54) is 24.2 Å². The maximum absolute atomic E-state index is 12.8. The number of carbonyl (C=O) groups excluding carboxylic acids is 1. The van der Waals surface area contributed by atoms with Crippen LogP contribution in [0.5, 0.6) is 0 Å². The Balaban J connectivity index is 1.55. The molecule has 2 aliphatic heterocycles. The standard InChI is InChI=1S/C18H31N5OS/c1-3-8-23-13-18(5-9-22(2)10-6-18)11-15(23)16(24)20-7-4-14-12-25-17(19)21-14/h12,15H,3-11,13H2,1-2H3,(H2,19,21)(H,20,24). The molecule has 6 nitrogen and oxygen atoms in total. The van der Waals surface area contributed by atoms with E-state index < -0.39 is 0 Å². The van der Waals surface area contributed by atoms with Gasteiger partial charge in [0.05, 0.1) is 11.7 Å². The fourth-order valence-corrected chi connectivity index (χ4v) is 4.85. The number of hydrogen-bond donors (Lipinski definition) is 2. The van der Waals surface area contributed by atoms with Gasteiger partial charge >= 0.3 is 0 Å². The molecule has 1 aromatic rings. The summed E-state index contributed by atoms with van der Waals surface area (Å²) in [6.45, 7) is 7.22. The van der Waals surface area contributed by atoms with Crippen molar-refractivity contribution >= 4 is 22.4 Å². The first-order valence-electron chi connectivity index (χ1n) is 9.41. The van der Waals surface area contributed by atoms with E-state index in [9.17, 15) is 4.79 Å². The smallest absolute Gasteiger partial charge is 0.237 e. The molecule has 0 bridgehead atoms. The van der Waals surface area contributed by atoms with Crippen LogP contribution in [0.25, 0.3) is 0 Å². The topological polar surface area (TPSA) is 74.5 Å². The number of rotatable bonds is 6. The molecule has 0 aliphatic carbocycles. The molecule has 3 rings (SSSR count). The number of piperidine rings is 1. The quantitative estimate of drug-likeness (QED) is 0.801. The van der Waals surface area contributed by atoms with E-state index in [4.69, 9.17) is 5.73 Å². The molecule has 2 fully saturated rings. The molecule has 1 atom stereocenters. The summed E-state index contributed by atoms with van der Waals surface area (Å²) in [6.07, 6.45) is 5.28. The highest BCUT2D eigenvalue weighted by atomic mass is 32.1. The number of amides is 1. The third-order valence-electron chi connectivity index (χ3n) is 5.72. The normalized spacial score (nSPS) is 24.0. The Morgan fingerprint density at radius 3 is 2.88 bits per heavy atom. The molecule has 1 amide bonds. The summed E-state index contributed by atoms with van der Waals surface area (Å²) in [4.78, 5) is 21.9. The molecular formula is C18H31N5OS. The van der Waals surface area contributed by atoms with Crippen molar-refractivity contribution in [3.63, 3.8) is 0 Å². The van der Waals surface area contributed by atoms with Gasteiger partial charge in [-0.2, -0.15) is 0 Å². The van der Waals surface area contributed by atoms with Crippen LogP contribution in [0.15, 0.2) is 5.38 Å². The van der Waals surface area contributed by atoms with Gasteiger partial charge in [0.25, 0.3) is 0 Å². The Kier molecular flexibility index (Phi) is 5.96. The molecule has 0 radical (unpaired) electrons. The van der Waals surface area contributed by atoms with Crippen molar-refractivity contribution < 1.29 is 4.79 Å². The zero-order valence-electron chi connectivity index (χ0n) is 15.5. The van der Waals surface area contributed by atoms with Crippen LogP contribution >= 0.6 is 11.3 Å². The minimum atomic E-state index is 0.0314. The Hall–Kier alpha value is -1.18. The number of anilines is 1. The van der Waals surface area contributed by atoms with Crippen LogP contribution in [0.2, 0.25) is 0 Å². The first kappa shape index (κ1) is 18.6. The highest BCUT2D eigenvalue weighted by molar-refractivity contribution is 7.13. The van der Waals surface area contributed by atoms with Crippen molar-refractivity contribution in [1.82, 2.24) is 20.1 Å². The number of nitrogens with zero attached hydrogens (tertiary/aromatic N) is 3. The van der Waals surface area contributed by atoms with Crippen LogP contribution in [0.1, 0.15) is 38.3 Å². The molecule has 0 aromatic carbocycles. The first-order chi connectivity index (χ1) is 12.0. The van der Waals surface area contributed by atoms with E-state index in [0.717, 1.165) is 51.1 Å². The number of hydrogen-bond acceptors (Lipinski definition) is 6. The molecule has 3 N–H and O–H groups in total. The Morgan fingerprint density at radius 2 is 2.24 bits per heavy atom. The average Bonchev–Trinajstić information content (AvgIpc) is 3.15. The van der Waals surface area contributed by atoms with Gasteiger partial charge in [-0.15, -0.1) is 11.3 Å². The third kappa shape index (κ3) is 4.51. The van der Waals surface area contributed by atoms with E-state index in [2.05, 4.69) is 34.1 Å². The predicted molar refractivity (Wildman–Crippen MR) is 103 cm³/mol. The number of thiazole rings is 1. The van der Waals surface area contributed by atoms with Gasteiger partial charge in [0.2, 0.25) is 5.91 Å². The highest BCUT2D eigenvalue weighted by Gasteiger charge is 2.47. The molecule has 7 heteroatoms. The van der Waals surface area contributed by atoms with E-state index in [1.807, 2.05) is 5.38 Å². The first-order valence-corrected chi connectivity index (χ1v) is 10.3. The van der Waals surface area contributed by atoms with Gasteiger partial charge in [0.1, 0.15) is 0 Å². The van der Waals surface area contributed by atoms with Crippen molar-refractivity contribution in [2.24, 2.45) is 5.41 Å². The minimum Gasteiger partial charge on any atom is -0.375 e. The molecule has 2 aliphatic rings. The van der Waals surface area contributed by atoms with Crippen molar-refractivity contribution in [1.29, 1.82) is 0 Å². The minimum absolute atomic E-state index is 0.0314. The Morgan fingerprint density at radius 1 is 1.48 bits per heavy atom. The summed E-state index contributed by atoms with van der Waals surface area (Å²) in [6, 6.07) is 0.0314. The second kappa shape index (κ2) is 8.01. The molecular weight excluding hydrogens is 334 g/mol. The summed E-state index contributed by atoms with van der Waals surface area (Å²) in [5.74, 6) is 0.187. The number of nitrogens with one attached hydrogen (secondary N) is 1. The van der Waals surface area contributed by atoms with Gasteiger partial charge in [-0.25, -0.2) is 4.98 Å². The van der Waals surface area contributed by atoms with Crippen LogP contribution in [-0.2, 0) is 11.2 Å². The lowest BCUT2D eigenvalue weighted by Gasteiger charge is -2.37. The van der Waals surface area contributed by atoms with Gasteiger partial charge in [-0.3, -0.25) is 9.69 Å². The molecule has 1 aromatic heterocycles. The monoisotopic (exact) mass is 365 g/mol. The van der Waals surface area contributed by atoms with Gasteiger partial charge in [-0.05, 0) is 57.8 Å². The zero-order valence-corrected chi connectivity index (χ0v) is 16.3. The second-order valence-corrected chi connectivity index (χ2v) is 8.60. The molecule has 140 valence electrons. The number of likely N-dealkylation sites (tertiary alicyclic amines) is 2. The molecule has 2 saturated heterocycles. The average molecular weight is 366 g/mol. The molecule has 1 spiro atoms. The van der Waals surface area contributed by atoms with Gasteiger partial charge in [-0.1, -0.05) is 6.92 Å². The highest BCUT2D eigenvalue weighted by Crippen LogP contribution is 2.43. The van der Waals surface area contributed by atoms with Gasteiger partial charge in [0.15, 0.2) is 5.13 Å². The molecule has 1 unspecified atom stereocenters. The number of carbonyl (C=O) groups is 1. The van der Waals surface area contributed by atoms with Crippen LogP contribution in [0.3, 0.4) is 0 Å². The predicted octanol–water partition coefficient (Wildman–Crippen LogP) is 1.58. The molecule has 25 heavy (non-hydrogen) atoms. The fourth-order valence-electron chi connectivity index (χ4n) is 4.25. The van der Waals surface area contributed by atoms with Crippen molar-refractivity contribution in [3.8, 4) is 0 Å². The lowest BCUT2D eigenvalue weighted by atomic mass is 9.76. The van der Waals surface area contributed by atoms with Gasteiger partial charge in [0, 0.05) is 24.9 Å². The maximum atomic E-state index is 12.8. The zero-order chi connectivity index (χ0) is 17.9. The lowest BCUT2D eigenvalue weighted by molar-refractivity contribution is -0.125. The summed E-state index contributed by atoms with van der Waals surface area (Å²) in [5, 5.41) is 5.69. The van der Waals surface area contributed by atoms with Crippen LogP contribution < -0.4 is 11.1 Å². The lowest BCUT2D eigenvalue weighted by Crippen LogP contribution is -2.44.